The third-order valence-corrected chi connectivity index (χ3v) is 3.11. The van der Waals surface area contributed by atoms with Crippen LogP contribution in [0.3, 0.4) is 0 Å². The van der Waals surface area contributed by atoms with Crippen molar-refractivity contribution in [2.45, 2.75) is 17.4 Å². The van der Waals surface area contributed by atoms with Gasteiger partial charge >= 0.3 is 0 Å². The van der Waals surface area contributed by atoms with Gasteiger partial charge in [0.25, 0.3) is 5.91 Å². The number of thiol groups is 1. The number of carbonyl (C=O) groups is 2. The summed E-state index contributed by atoms with van der Waals surface area (Å²) in [5, 5.41) is 5.78. The van der Waals surface area contributed by atoms with Crippen LogP contribution in [0.25, 0.3) is 0 Å². The van der Waals surface area contributed by atoms with Crippen molar-refractivity contribution >= 4 is 36.0 Å². The maximum absolute atomic E-state index is 11.9. The molecule has 1 aromatic carbocycles. The van der Waals surface area contributed by atoms with Gasteiger partial charge in [0.2, 0.25) is 5.91 Å². The van der Waals surface area contributed by atoms with Crippen molar-refractivity contribution in [1.82, 2.24) is 10.6 Å². The van der Waals surface area contributed by atoms with Crippen molar-refractivity contribution < 1.29 is 9.59 Å². The highest BCUT2D eigenvalue weighted by Gasteiger charge is 2.24. The number of amides is 2. The minimum Gasteiger partial charge on any atom is -0.354 e. The molecule has 4 nitrogen and oxygen atoms in total. The molecular formula is C11H11ClN2O2S. The van der Waals surface area contributed by atoms with E-state index < -0.39 is 0 Å². The summed E-state index contributed by atoms with van der Waals surface area (Å²) in [4.78, 5) is 23.6. The predicted octanol–water partition coefficient (Wildman–Crippen LogP) is 1.25. The normalized spacial score (nSPS) is 18.9. The number of halogens is 1. The minimum atomic E-state index is -0.285. The van der Waals surface area contributed by atoms with Gasteiger partial charge in [0.1, 0.15) is 0 Å². The Hall–Kier alpha value is -1.20. The molecule has 6 heteroatoms. The van der Waals surface area contributed by atoms with Crippen molar-refractivity contribution in [2.75, 3.05) is 6.54 Å². The second-order valence-electron chi connectivity index (χ2n) is 3.84. The Morgan fingerprint density at radius 2 is 2.29 bits per heavy atom. The first kappa shape index (κ1) is 12.3. The topological polar surface area (TPSA) is 58.2 Å². The van der Waals surface area contributed by atoms with Gasteiger partial charge in [0.15, 0.2) is 0 Å². The van der Waals surface area contributed by atoms with Crippen LogP contribution >= 0.6 is 24.2 Å². The predicted molar refractivity (Wildman–Crippen MR) is 67.6 cm³/mol. The summed E-state index contributed by atoms with van der Waals surface area (Å²) in [6.45, 7) is 0.461. The highest BCUT2D eigenvalue weighted by Crippen LogP contribution is 2.19. The molecule has 0 aliphatic carbocycles. The van der Waals surface area contributed by atoms with Gasteiger partial charge in [-0.05, 0) is 18.2 Å². The molecule has 0 bridgehead atoms. The SMILES string of the molecule is O=C1CC(NC(=O)c2cc(S)ccc2Cl)CN1. The van der Waals surface area contributed by atoms with Crippen molar-refractivity contribution in [3.8, 4) is 0 Å². The van der Waals surface area contributed by atoms with Crippen molar-refractivity contribution in [3.05, 3.63) is 28.8 Å². The van der Waals surface area contributed by atoms with Gasteiger partial charge in [0.05, 0.1) is 16.6 Å². The van der Waals surface area contributed by atoms with Crippen molar-refractivity contribution in [1.29, 1.82) is 0 Å². The average molecular weight is 271 g/mol. The largest absolute Gasteiger partial charge is 0.354 e. The monoisotopic (exact) mass is 270 g/mol. The van der Waals surface area contributed by atoms with E-state index >= 15 is 0 Å². The molecule has 1 saturated heterocycles. The van der Waals surface area contributed by atoms with Crippen molar-refractivity contribution in [2.24, 2.45) is 0 Å². The molecule has 2 rings (SSSR count). The summed E-state index contributed by atoms with van der Waals surface area (Å²) in [6.07, 6.45) is 0.309. The molecule has 1 aliphatic rings. The number of hydrogen-bond acceptors (Lipinski definition) is 3. The molecule has 1 heterocycles. The molecule has 0 spiro atoms. The Kier molecular flexibility index (Phi) is 3.59. The molecule has 90 valence electrons. The van der Waals surface area contributed by atoms with Gasteiger partial charge in [-0.25, -0.2) is 0 Å². The first-order valence-corrected chi connectivity index (χ1v) is 5.95. The molecule has 1 atom stereocenters. The van der Waals surface area contributed by atoms with Gasteiger partial charge in [-0.15, -0.1) is 12.6 Å². The molecule has 1 aliphatic heterocycles. The van der Waals surface area contributed by atoms with Crippen LogP contribution in [-0.4, -0.2) is 24.4 Å². The van der Waals surface area contributed by atoms with E-state index in [1.165, 1.54) is 0 Å². The maximum atomic E-state index is 11.9. The van der Waals surface area contributed by atoms with Crippen LogP contribution in [-0.2, 0) is 4.79 Å². The van der Waals surface area contributed by atoms with Crippen LogP contribution in [0, 0.1) is 0 Å². The minimum absolute atomic E-state index is 0.0515. The lowest BCUT2D eigenvalue weighted by molar-refractivity contribution is -0.119. The number of rotatable bonds is 2. The third-order valence-electron chi connectivity index (χ3n) is 2.51. The highest BCUT2D eigenvalue weighted by atomic mass is 35.5. The van der Waals surface area contributed by atoms with Gasteiger partial charge in [-0.1, -0.05) is 11.6 Å². The Morgan fingerprint density at radius 3 is 2.94 bits per heavy atom. The molecule has 1 fully saturated rings. The smallest absolute Gasteiger partial charge is 0.253 e. The summed E-state index contributed by atoms with van der Waals surface area (Å²) < 4.78 is 0. The first-order chi connectivity index (χ1) is 8.06. The van der Waals surface area contributed by atoms with Crippen LogP contribution in [0.4, 0.5) is 0 Å². The van der Waals surface area contributed by atoms with Crippen LogP contribution in [0.1, 0.15) is 16.8 Å². The van der Waals surface area contributed by atoms with Crippen molar-refractivity contribution in [3.63, 3.8) is 0 Å². The van der Waals surface area contributed by atoms with E-state index in [0.29, 0.717) is 28.4 Å². The molecule has 17 heavy (non-hydrogen) atoms. The lowest BCUT2D eigenvalue weighted by Gasteiger charge is -2.11. The molecule has 1 unspecified atom stereocenters. The fourth-order valence-corrected chi connectivity index (χ4v) is 2.06. The summed E-state index contributed by atoms with van der Waals surface area (Å²) in [5.41, 5.74) is 0.374. The third kappa shape index (κ3) is 2.92. The van der Waals surface area contributed by atoms with Gasteiger partial charge in [0, 0.05) is 17.9 Å². The standard InChI is InChI=1S/C11H11ClN2O2S/c12-9-2-1-7(17)4-8(9)11(16)14-6-3-10(15)13-5-6/h1-2,4,6,17H,3,5H2,(H,13,15)(H,14,16). The summed E-state index contributed by atoms with van der Waals surface area (Å²) in [6, 6.07) is 4.76. The van der Waals surface area contributed by atoms with E-state index in [-0.39, 0.29) is 17.9 Å². The quantitative estimate of drug-likeness (QED) is 0.709. The number of nitrogens with one attached hydrogen (secondary N) is 2. The van der Waals surface area contributed by atoms with E-state index in [0.717, 1.165) is 0 Å². The second-order valence-corrected chi connectivity index (χ2v) is 4.77. The van der Waals surface area contributed by atoms with Crippen LogP contribution < -0.4 is 10.6 Å². The van der Waals surface area contributed by atoms with E-state index in [9.17, 15) is 9.59 Å². The highest BCUT2D eigenvalue weighted by molar-refractivity contribution is 7.80. The number of carbonyl (C=O) groups excluding carboxylic acids is 2. The molecule has 2 N–H and O–H groups in total. The zero-order valence-corrected chi connectivity index (χ0v) is 10.5. The molecule has 0 aromatic heterocycles. The average Bonchev–Trinajstić information content (AvgIpc) is 2.67. The Bertz CT molecular complexity index is 479. The summed E-state index contributed by atoms with van der Waals surface area (Å²) in [7, 11) is 0. The molecule has 0 saturated carbocycles. The lowest BCUT2D eigenvalue weighted by Crippen LogP contribution is -2.36. The Morgan fingerprint density at radius 1 is 1.53 bits per heavy atom. The van der Waals surface area contributed by atoms with E-state index in [4.69, 9.17) is 11.6 Å². The van der Waals surface area contributed by atoms with Gasteiger partial charge in [-0.2, -0.15) is 0 Å². The van der Waals surface area contributed by atoms with E-state index in [1.807, 2.05) is 0 Å². The fourth-order valence-electron chi connectivity index (χ4n) is 1.66. The second kappa shape index (κ2) is 4.98. The van der Waals surface area contributed by atoms with Crippen LogP contribution in [0.15, 0.2) is 23.1 Å². The fraction of sp³-hybridized carbons (Fsp3) is 0.273. The van der Waals surface area contributed by atoms with E-state index in [2.05, 4.69) is 23.3 Å². The molecule has 0 radical (unpaired) electrons. The zero-order valence-electron chi connectivity index (χ0n) is 8.87. The molecular weight excluding hydrogens is 260 g/mol. The molecule has 1 aromatic rings. The number of hydrogen-bond donors (Lipinski definition) is 3. The van der Waals surface area contributed by atoms with Crippen LogP contribution in [0.5, 0.6) is 0 Å². The Balaban J connectivity index is 2.09. The maximum Gasteiger partial charge on any atom is 0.253 e. The summed E-state index contributed by atoms with van der Waals surface area (Å²) >= 11 is 10.1. The van der Waals surface area contributed by atoms with Crippen LogP contribution in [0.2, 0.25) is 5.02 Å². The number of benzene rings is 1. The summed E-state index contributed by atoms with van der Waals surface area (Å²) in [5.74, 6) is -0.336. The first-order valence-electron chi connectivity index (χ1n) is 5.12. The van der Waals surface area contributed by atoms with Gasteiger partial charge in [-0.3, -0.25) is 9.59 Å². The van der Waals surface area contributed by atoms with Gasteiger partial charge < -0.3 is 10.6 Å². The van der Waals surface area contributed by atoms with E-state index in [1.54, 1.807) is 18.2 Å². The lowest BCUT2D eigenvalue weighted by atomic mass is 10.2. The Labute approximate surface area is 109 Å². The molecule has 2 amide bonds. The zero-order chi connectivity index (χ0) is 12.4.